The van der Waals surface area contributed by atoms with Gasteiger partial charge in [-0.1, -0.05) is 81.4 Å². The van der Waals surface area contributed by atoms with Crippen LogP contribution in [0.4, 0.5) is 0 Å². The van der Waals surface area contributed by atoms with Crippen LogP contribution in [0.1, 0.15) is 20.8 Å². The Morgan fingerprint density at radius 3 is 1.37 bits per heavy atom. The van der Waals surface area contributed by atoms with Crippen molar-refractivity contribution in [2.75, 3.05) is 6.61 Å². The van der Waals surface area contributed by atoms with E-state index in [1.165, 1.54) is 11.1 Å². The van der Waals surface area contributed by atoms with Gasteiger partial charge in [-0.3, -0.25) is 0 Å². The first kappa shape index (κ1) is 15.7. The van der Waals surface area contributed by atoms with E-state index in [-0.39, 0.29) is 0 Å². The van der Waals surface area contributed by atoms with Crippen molar-refractivity contribution < 1.29 is 4.43 Å². The molecule has 0 saturated heterocycles. The molecule has 0 unspecified atom stereocenters. The molecular formula is C17H24OSi. The fourth-order valence-electron chi connectivity index (χ4n) is 1.69. The highest BCUT2D eigenvalue weighted by atomic mass is 28.2. The van der Waals surface area contributed by atoms with Gasteiger partial charge in [0.05, 0.1) is 0 Å². The molecule has 0 bridgehead atoms. The minimum absolute atomic E-state index is 0.363. The molecule has 0 N–H and O–H groups in total. The molecule has 0 atom stereocenters. The molecule has 1 nitrogen and oxygen atoms in total. The smallest absolute Gasteiger partial charge is 0.145 e. The Labute approximate surface area is 120 Å². The summed E-state index contributed by atoms with van der Waals surface area (Å²) in [6, 6.07) is 20.8. The maximum absolute atomic E-state index is 5.05. The second-order valence-corrected chi connectivity index (χ2v) is 6.30. The highest BCUT2D eigenvalue weighted by Crippen LogP contribution is 2.17. The van der Waals surface area contributed by atoms with Gasteiger partial charge in [-0.05, 0) is 16.5 Å². The van der Waals surface area contributed by atoms with E-state index in [0.29, 0.717) is 5.41 Å². The molecule has 2 heteroatoms. The minimum Gasteiger partial charge on any atom is -0.427 e. The lowest BCUT2D eigenvalue weighted by atomic mass is 9.99. The first-order chi connectivity index (χ1) is 9.03. The normalized spacial score (nSPS) is 10.7. The summed E-state index contributed by atoms with van der Waals surface area (Å²) in [5.41, 5.74) is 2.91. The zero-order chi connectivity index (χ0) is 14.1. The van der Waals surface area contributed by atoms with Gasteiger partial charge in [0.25, 0.3) is 0 Å². The summed E-state index contributed by atoms with van der Waals surface area (Å²) in [7, 11) is 0.870. The summed E-state index contributed by atoms with van der Waals surface area (Å²) >= 11 is 0. The SMILES string of the molecule is CC(C)(C)CO[SiH3].c1ccc(-c2ccccc2)cc1. The van der Waals surface area contributed by atoms with Gasteiger partial charge >= 0.3 is 0 Å². The van der Waals surface area contributed by atoms with Crippen molar-refractivity contribution in [1.82, 2.24) is 0 Å². The molecule has 2 aromatic rings. The molecule has 0 aromatic heterocycles. The van der Waals surface area contributed by atoms with E-state index in [0.717, 1.165) is 17.1 Å². The summed E-state index contributed by atoms with van der Waals surface area (Å²) in [4.78, 5) is 0. The number of benzene rings is 2. The van der Waals surface area contributed by atoms with E-state index in [2.05, 4.69) is 69.3 Å². The van der Waals surface area contributed by atoms with Crippen LogP contribution in [0.5, 0.6) is 0 Å². The molecule has 0 radical (unpaired) electrons. The zero-order valence-electron chi connectivity index (χ0n) is 12.4. The van der Waals surface area contributed by atoms with Crippen LogP contribution in [0, 0.1) is 5.41 Å². The first-order valence-electron chi connectivity index (χ1n) is 6.62. The maximum atomic E-state index is 5.05. The van der Waals surface area contributed by atoms with E-state index in [1.54, 1.807) is 0 Å². The molecule has 19 heavy (non-hydrogen) atoms. The van der Waals surface area contributed by atoms with Crippen molar-refractivity contribution in [3.63, 3.8) is 0 Å². The topological polar surface area (TPSA) is 9.23 Å². The van der Waals surface area contributed by atoms with E-state index in [4.69, 9.17) is 4.43 Å². The first-order valence-corrected chi connectivity index (χ1v) is 7.44. The lowest BCUT2D eigenvalue weighted by molar-refractivity contribution is 0.213. The van der Waals surface area contributed by atoms with E-state index in [9.17, 15) is 0 Å². The van der Waals surface area contributed by atoms with Crippen molar-refractivity contribution in [3.8, 4) is 11.1 Å². The Bertz CT molecular complexity index is 408. The molecule has 0 spiro atoms. The Kier molecular flexibility index (Phi) is 6.54. The summed E-state index contributed by atoms with van der Waals surface area (Å²) in [5.74, 6) is 0. The van der Waals surface area contributed by atoms with Crippen LogP contribution in [0.15, 0.2) is 60.7 Å². The van der Waals surface area contributed by atoms with Crippen molar-refractivity contribution in [2.45, 2.75) is 20.8 Å². The Balaban J connectivity index is 0.000000224. The highest BCUT2D eigenvalue weighted by molar-refractivity contribution is 5.97. The predicted octanol–water partition coefficient (Wildman–Crippen LogP) is 3.68. The monoisotopic (exact) mass is 272 g/mol. The van der Waals surface area contributed by atoms with Gasteiger partial charge in [-0.15, -0.1) is 0 Å². The Morgan fingerprint density at radius 1 is 0.789 bits per heavy atom. The zero-order valence-corrected chi connectivity index (χ0v) is 14.4. The van der Waals surface area contributed by atoms with E-state index >= 15 is 0 Å². The fraction of sp³-hybridized carbons (Fsp3) is 0.294. The van der Waals surface area contributed by atoms with Gasteiger partial charge in [0.2, 0.25) is 0 Å². The van der Waals surface area contributed by atoms with Gasteiger partial charge in [-0.2, -0.15) is 0 Å². The van der Waals surface area contributed by atoms with Crippen LogP contribution < -0.4 is 0 Å². The molecular weight excluding hydrogens is 248 g/mol. The van der Waals surface area contributed by atoms with Crippen molar-refractivity contribution in [1.29, 1.82) is 0 Å². The lowest BCUT2D eigenvalue weighted by Gasteiger charge is -2.15. The molecule has 0 fully saturated rings. The summed E-state index contributed by atoms with van der Waals surface area (Å²) < 4.78 is 5.05. The van der Waals surface area contributed by atoms with Crippen LogP contribution in [-0.4, -0.2) is 17.1 Å². The van der Waals surface area contributed by atoms with Gasteiger partial charge in [0.15, 0.2) is 0 Å². The van der Waals surface area contributed by atoms with E-state index < -0.39 is 0 Å². The number of hydrogen-bond acceptors (Lipinski definition) is 1. The highest BCUT2D eigenvalue weighted by Gasteiger charge is 2.06. The van der Waals surface area contributed by atoms with E-state index in [1.807, 2.05) is 12.1 Å². The largest absolute Gasteiger partial charge is 0.427 e. The predicted molar refractivity (Wildman–Crippen MR) is 87.2 cm³/mol. The third-order valence-corrected chi connectivity index (χ3v) is 2.75. The number of rotatable bonds is 2. The van der Waals surface area contributed by atoms with Crippen LogP contribution in [0.3, 0.4) is 0 Å². The minimum atomic E-state index is 0.363. The molecule has 2 aromatic carbocycles. The van der Waals surface area contributed by atoms with Crippen LogP contribution in [0.2, 0.25) is 0 Å². The van der Waals surface area contributed by atoms with Gasteiger partial charge in [0, 0.05) is 6.61 Å². The second-order valence-electron chi connectivity index (χ2n) is 5.73. The molecule has 0 heterocycles. The van der Waals surface area contributed by atoms with Crippen LogP contribution in [-0.2, 0) is 4.43 Å². The Hall–Kier alpha value is -1.38. The van der Waals surface area contributed by atoms with Crippen LogP contribution >= 0.6 is 0 Å². The quantitative estimate of drug-likeness (QED) is 0.758. The molecule has 0 aliphatic carbocycles. The summed E-state index contributed by atoms with van der Waals surface area (Å²) in [6.07, 6.45) is 0. The second kappa shape index (κ2) is 7.92. The Morgan fingerprint density at radius 2 is 1.16 bits per heavy atom. The van der Waals surface area contributed by atoms with Crippen molar-refractivity contribution in [3.05, 3.63) is 60.7 Å². The lowest BCUT2D eigenvalue weighted by Crippen LogP contribution is -2.12. The third kappa shape index (κ3) is 6.94. The fourth-order valence-corrected chi connectivity index (χ4v) is 2.56. The average Bonchev–Trinajstić information content (AvgIpc) is 2.40. The maximum Gasteiger partial charge on any atom is 0.145 e. The molecule has 0 amide bonds. The summed E-state index contributed by atoms with van der Waals surface area (Å²) in [6.45, 7) is 7.42. The molecule has 102 valence electrons. The molecule has 2 rings (SSSR count). The molecule has 0 aliphatic heterocycles. The van der Waals surface area contributed by atoms with Crippen molar-refractivity contribution >= 4 is 10.5 Å². The molecule has 0 aliphatic rings. The average molecular weight is 272 g/mol. The summed E-state index contributed by atoms with van der Waals surface area (Å²) in [5, 5.41) is 0. The standard InChI is InChI=1S/C12H10.C5H14OSi/c1-3-7-11(8-4-1)12-9-5-2-6-10-12;1-5(2,3)4-6-7/h1-10H;4H2,1-3,7H3. The third-order valence-electron chi connectivity index (χ3n) is 2.46. The van der Waals surface area contributed by atoms with Gasteiger partial charge in [-0.25, -0.2) is 0 Å². The van der Waals surface area contributed by atoms with Gasteiger partial charge in [0.1, 0.15) is 10.5 Å². The molecule has 0 saturated carbocycles. The van der Waals surface area contributed by atoms with Gasteiger partial charge < -0.3 is 4.43 Å². The number of hydrogen-bond donors (Lipinski definition) is 0. The van der Waals surface area contributed by atoms with Crippen molar-refractivity contribution in [2.24, 2.45) is 5.41 Å². The van der Waals surface area contributed by atoms with Crippen LogP contribution in [0.25, 0.3) is 11.1 Å².